The summed E-state index contributed by atoms with van der Waals surface area (Å²) in [7, 11) is 0. The Balaban J connectivity index is 2.48. The molecule has 1 fully saturated rings. The molecule has 1 rings (SSSR count). The fourth-order valence-corrected chi connectivity index (χ4v) is 2.03. The monoisotopic (exact) mass is 181 g/mol. The predicted molar refractivity (Wildman–Crippen MR) is 54.3 cm³/mol. The maximum atomic E-state index is 11.1. The molecule has 0 radical (unpaired) electrons. The highest BCUT2D eigenvalue weighted by molar-refractivity contribution is 5.87. The van der Waals surface area contributed by atoms with E-state index in [-0.39, 0.29) is 5.91 Å². The molecule has 2 heteroatoms. The minimum Gasteiger partial charge on any atom is -0.350 e. The number of nitrogens with one attached hydrogen (secondary N) is 1. The minimum absolute atomic E-state index is 0.0362. The van der Waals surface area contributed by atoms with Gasteiger partial charge in [-0.15, -0.1) is 0 Å². The van der Waals surface area contributed by atoms with Crippen LogP contribution >= 0.6 is 0 Å². The summed E-state index contributed by atoms with van der Waals surface area (Å²) in [5, 5.41) is 2.99. The lowest BCUT2D eigenvalue weighted by Gasteiger charge is -2.34. The fourth-order valence-electron chi connectivity index (χ4n) is 2.03. The van der Waals surface area contributed by atoms with Gasteiger partial charge in [0.25, 0.3) is 0 Å². The summed E-state index contributed by atoms with van der Waals surface area (Å²) in [5.74, 6) is 1.28. The normalized spacial score (nSPS) is 33.8. The first-order chi connectivity index (χ1) is 6.15. The lowest BCUT2D eigenvalue weighted by Crippen LogP contribution is -2.43. The Hall–Kier alpha value is -0.790. The third-order valence-electron chi connectivity index (χ3n) is 3.22. The molecule has 0 aliphatic heterocycles. The van der Waals surface area contributed by atoms with Crippen LogP contribution in [-0.4, -0.2) is 11.9 Å². The standard InChI is InChI=1S/C11H19NO/c1-4-11(13)12-10-7-5-6-8(2)9(10)3/h4,8-10H,1,5-7H2,2-3H3,(H,12,13). The van der Waals surface area contributed by atoms with Crippen molar-refractivity contribution in [1.29, 1.82) is 0 Å². The van der Waals surface area contributed by atoms with Crippen molar-refractivity contribution in [3.05, 3.63) is 12.7 Å². The van der Waals surface area contributed by atoms with Gasteiger partial charge in [0, 0.05) is 6.04 Å². The summed E-state index contributed by atoms with van der Waals surface area (Å²) in [6, 6.07) is 0.356. The number of carbonyl (C=O) groups excluding carboxylic acids is 1. The molecule has 3 unspecified atom stereocenters. The SMILES string of the molecule is C=CC(=O)NC1CCCC(C)C1C. The second-order valence-corrected chi connectivity index (χ2v) is 4.09. The van der Waals surface area contributed by atoms with Gasteiger partial charge in [-0.25, -0.2) is 0 Å². The smallest absolute Gasteiger partial charge is 0.243 e. The number of rotatable bonds is 2. The quantitative estimate of drug-likeness (QED) is 0.649. The molecule has 0 aromatic carbocycles. The van der Waals surface area contributed by atoms with Gasteiger partial charge in [-0.2, -0.15) is 0 Å². The van der Waals surface area contributed by atoms with Gasteiger partial charge in [0.15, 0.2) is 0 Å². The van der Waals surface area contributed by atoms with E-state index >= 15 is 0 Å². The van der Waals surface area contributed by atoms with Crippen molar-refractivity contribution in [1.82, 2.24) is 5.32 Å². The highest BCUT2D eigenvalue weighted by Gasteiger charge is 2.27. The van der Waals surface area contributed by atoms with Crippen LogP contribution in [0.1, 0.15) is 33.1 Å². The van der Waals surface area contributed by atoms with Crippen molar-refractivity contribution in [3.8, 4) is 0 Å². The summed E-state index contributed by atoms with van der Waals surface area (Å²) < 4.78 is 0. The Morgan fingerprint density at radius 2 is 2.15 bits per heavy atom. The van der Waals surface area contributed by atoms with Gasteiger partial charge in [-0.3, -0.25) is 4.79 Å². The molecule has 0 aromatic heterocycles. The van der Waals surface area contributed by atoms with Crippen molar-refractivity contribution in [2.24, 2.45) is 11.8 Å². The minimum atomic E-state index is -0.0362. The molecule has 2 nitrogen and oxygen atoms in total. The molecule has 74 valence electrons. The highest BCUT2D eigenvalue weighted by Crippen LogP contribution is 2.29. The molecule has 1 aliphatic rings. The van der Waals surface area contributed by atoms with Crippen molar-refractivity contribution < 1.29 is 4.79 Å². The van der Waals surface area contributed by atoms with E-state index in [1.807, 2.05) is 0 Å². The lowest BCUT2D eigenvalue weighted by molar-refractivity contribution is -0.117. The zero-order valence-electron chi connectivity index (χ0n) is 8.55. The molecule has 0 heterocycles. The van der Waals surface area contributed by atoms with E-state index in [1.165, 1.54) is 18.9 Å². The number of hydrogen-bond donors (Lipinski definition) is 1. The topological polar surface area (TPSA) is 29.1 Å². The molecule has 0 spiro atoms. The van der Waals surface area contributed by atoms with Crippen molar-refractivity contribution in [3.63, 3.8) is 0 Å². The molecule has 1 saturated carbocycles. The molecule has 1 amide bonds. The maximum Gasteiger partial charge on any atom is 0.243 e. The van der Waals surface area contributed by atoms with Gasteiger partial charge in [0.1, 0.15) is 0 Å². The number of hydrogen-bond acceptors (Lipinski definition) is 1. The molecule has 0 aromatic rings. The number of carbonyl (C=O) groups is 1. The summed E-state index contributed by atoms with van der Waals surface area (Å²) >= 11 is 0. The summed E-state index contributed by atoms with van der Waals surface area (Å²) in [5.41, 5.74) is 0. The van der Waals surface area contributed by atoms with E-state index < -0.39 is 0 Å². The van der Waals surface area contributed by atoms with Crippen molar-refractivity contribution in [2.45, 2.75) is 39.2 Å². The first kappa shape index (κ1) is 10.3. The fraction of sp³-hybridized carbons (Fsp3) is 0.727. The first-order valence-corrected chi connectivity index (χ1v) is 5.08. The van der Waals surface area contributed by atoms with Gasteiger partial charge >= 0.3 is 0 Å². The van der Waals surface area contributed by atoms with E-state index in [0.717, 1.165) is 12.3 Å². The Bertz CT molecular complexity index is 200. The average molecular weight is 181 g/mol. The van der Waals surface area contributed by atoms with Crippen LogP contribution in [0.4, 0.5) is 0 Å². The zero-order chi connectivity index (χ0) is 9.84. The van der Waals surface area contributed by atoms with Crippen LogP contribution < -0.4 is 5.32 Å². The Labute approximate surface area is 80.4 Å². The van der Waals surface area contributed by atoms with E-state index in [1.54, 1.807) is 0 Å². The predicted octanol–water partition coefficient (Wildman–Crippen LogP) is 2.11. The van der Waals surface area contributed by atoms with Gasteiger partial charge in [-0.1, -0.05) is 33.3 Å². The molecule has 0 saturated heterocycles. The van der Waals surface area contributed by atoms with Gasteiger partial charge in [0.05, 0.1) is 0 Å². The Morgan fingerprint density at radius 3 is 2.77 bits per heavy atom. The lowest BCUT2D eigenvalue weighted by atomic mass is 9.78. The van der Waals surface area contributed by atoms with Crippen molar-refractivity contribution >= 4 is 5.91 Å². The van der Waals surface area contributed by atoms with E-state index in [4.69, 9.17) is 0 Å². The summed E-state index contributed by atoms with van der Waals surface area (Å²) in [6.07, 6.45) is 4.99. The first-order valence-electron chi connectivity index (χ1n) is 5.08. The van der Waals surface area contributed by atoms with E-state index in [0.29, 0.717) is 12.0 Å². The van der Waals surface area contributed by atoms with Crippen LogP contribution in [-0.2, 0) is 4.79 Å². The molecular weight excluding hydrogens is 162 g/mol. The van der Waals surface area contributed by atoms with Crippen LogP contribution in [0.25, 0.3) is 0 Å². The molecule has 3 atom stereocenters. The number of amides is 1. The van der Waals surface area contributed by atoms with Gasteiger partial charge in [0.2, 0.25) is 5.91 Å². The van der Waals surface area contributed by atoms with E-state index in [2.05, 4.69) is 25.7 Å². The van der Waals surface area contributed by atoms with E-state index in [9.17, 15) is 4.79 Å². The Morgan fingerprint density at radius 1 is 1.46 bits per heavy atom. The van der Waals surface area contributed by atoms with Crippen LogP contribution in [0.15, 0.2) is 12.7 Å². The van der Waals surface area contributed by atoms with Crippen LogP contribution in [0, 0.1) is 11.8 Å². The van der Waals surface area contributed by atoms with Crippen LogP contribution in [0.5, 0.6) is 0 Å². The second kappa shape index (κ2) is 4.45. The highest BCUT2D eigenvalue weighted by atomic mass is 16.1. The van der Waals surface area contributed by atoms with Crippen LogP contribution in [0.3, 0.4) is 0 Å². The summed E-state index contributed by atoms with van der Waals surface area (Å²) in [4.78, 5) is 11.1. The third kappa shape index (κ3) is 2.58. The third-order valence-corrected chi connectivity index (χ3v) is 3.22. The van der Waals surface area contributed by atoms with Crippen molar-refractivity contribution in [2.75, 3.05) is 0 Å². The second-order valence-electron chi connectivity index (χ2n) is 4.09. The van der Waals surface area contributed by atoms with Gasteiger partial charge in [-0.05, 0) is 24.3 Å². The molecular formula is C11H19NO. The molecule has 1 aliphatic carbocycles. The van der Waals surface area contributed by atoms with Gasteiger partial charge < -0.3 is 5.32 Å². The largest absolute Gasteiger partial charge is 0.350 e. The molecule has 0 bridgehead atoms. The molecule has 1 N–H and O–H groups in total. The van der Waals surface area contributed by atoms with Crippen LogP contribution in [0.2, 0.25) is 0 Å². The average Bonchev–Trinajstić information content (AvgIpc) is 2.13. The molecule has 13 heavy (non-hydrogen) atoms. The summed E-state index contributed by atoms with van der Waals surface area (Å²) in [6.45, 7) is 7.94. The zero-order valence-corrected chi connectivity index (χ0v) is 8.55. The maximum absolute atomic E-state index is 11.1. The Kier molecular flexibility index (Phi) is 3.52.